The Balaban J connectivity index is 1.26. The molecule has 2 fully saturated rings. The highest BCUT2D eigenvalue weighted by Gasteiger charge is 2.24. The molecule has 1 aromatic carbocycles. The number of pyridine rings is 1. The molecule has 0 aliphatic carbocycles. The van der Waals surface area contributed by atoms with Gasteiger partial charge in [0.05, 0.1) is 4.91 Å². The van der Waals surface area contributed by atoms with Crippen LogP contribution in [0.1, 0.15) is 5.56 Å². The first kappa shape index (κ1) is 18.5. The predicted octanol–water partition coefficient (Wildman–Crippen LogP) is 2.56. The van der Waals surface area contributed by atoms with Crippen molar-refractivity contribution in [1.29, 1.82) is 0 Å². The van der Waals surface area contributed by atoms with Gasteiger partial charge in [-0.05, 0) is 47.7 Å². The molecule has 1 aromatic heterocycles. The lowest BCUT2D eigenvalue weighted by Crippen LogP contribution is -2.47. The van der Waals surface area contributed by atoms with E-state index in [9.17, 15) is 9.59 Å². The van der Waals surface area contributed by atoms with Crippen LogP contribution in [0.4, 0.5) is 10.6 Å². The number of rotatable bonds is 5. The second kappa shape index (κ2) is 8.45. The topological polar surface area (TPSA) is 74.8 Å². The molecule has 2 aliphatic rings. The number of ether oxygens (including phenoxy) is 1. The van der Waals surface area contributed by atoms with Crippen molar-refractivity contribution in [3.05, 3.63) is 59.1 Å². The van der Waals surface area contributed by atoms with Gasteiger partial charge < -0.3 is 9.64 Å². The zero-order chi connectivity index (χ0) is 19.3. The highest BCUT2D eigenvalue weighted by Crippen LogP contribution is 2.26. The van der Waals surface area contributed by atoms with Gasteiger partial charge in [0.15, 0.2) is 0 Å². The summed E-state index contributed by atoms with van der Waals surface area (Å²) >= 11 is 0.915. The summed E-state index contributed by atoms with van der Waals surface area (Å²) in [5.41, 5.74) is 0.851. The van der Waals surface area contributed by atoms with Crippen LogP contribution in [0.3, 0.4) is 0 Å². The van der Waals surface area contributed by atoms with Crippen molar-refractivity contribution in [3.8, 4) is 5.75 Å². The van der Waals surface area contributed by atoms with Crippen molar-refractivity contribution in [1.82, 2.24) is 15.2 Å². The Morgan fingerprint density at radius 1 is 1.07 bits per heavy atom. The fourth-order valence-electron chi connectivity index (χ4n) is 3.05. The first-order valence-electron chi connectivity index (χ1n) is 9.03. The molecule has 3 heterocycles. The monoisotopic (exact) mass is 396 g/mol. The van der Waals surface area contributed by atoms with E-state index >= 15 is 0 Å². The standard InChI is InChI=1S/C20H20N4O3S/c25-19-17(28-20(26)22-19)13-15-4-6-16(7-5-15)27-14-23-9-11-24(12-10-23)18-3-1-2-8-21-18/h1-8,13H,9-12,14H2,(H,22,25,26)/b17-13-. The van der Waals surface area contributed by atoms with Gasteiger partial charge in [-0.15, -0.1) is 0 Å². The highest BCUT2D eigenvalue weighted by molar-refractivity contribution is 8.18. The molecule has 28 heavy (non-hydrogen) atoms. The molecule has 0 saturated carbocycles. The number of hydrogen-bond acceptors (Lipinski definition) is 7. The van der Waals surface area contributed by atoms with E-state index in [-0.39, 0.29) is 11.1 Å². The molecule has 7 nitrogen and oxygen atoms in total. The number of amides is 2. The largest absolute Gasteiger partial charge is 0.478 e. The van der Waals surface area contributed by atoms with Gasteiger partial charge in [-0.2, -0.15) is 0 Å². The number of nitrogens with one attached hydrogen (secondary N) is 1. The molecule has 0 radical (unpaired) electrons. The zero-order valence-corrected chi connectivity index (χ0v) is 16.0. The van der Waals surface area contributed by atoms with Gasteiger partial charge in [0, 0.05) is 32.4 Å². The smallest absolute Gasteiger partial charge is 0.290 e. The number of thioether (sulfide) groups is 1. The van der Waals surface area contributed by atoms with Crippen molar-refractivity contribution in [2.24, 2.45) is 0 Å². The van der Waals surface area contributed by atoms with Crippen LogP contribution in [0, 0.1) is 0 Å². The van der Waals surface area contributed by atoms with Crippen LogP contribution in [-0.4, -0.2) is 53.9 Å². The molecule has 0 atom stereocenters. The maximum Gasteiger partial charge on any atom is 0.290 e. The number of carbonyl (C=O) groups excluding carboxylic acids is 2. The van der Waals surface area contributed by atoms with Crippen molar-refractivity contribution in [2.75, 3.05) is 37.8 Å². The molecule has 2 amide bonds. The summed E-state index contributed by atoms with van der Waals surface area (Å²) in [7, 11) is 0. The third-order valence-corrected chi connectivity index (χ3v) is 5.39. The number of anilines is 1. The molecule has 8 heteroatoms. The Morgan fingerprint density at radius 3 is 2.50 bits per heavy atom. The summed E-state index contributed by atoms with van der Waals surface area (Å²) in [6, 6.07) is 13.5. The van der Waals surface area contributed by atoms with Crippen molar-refractivity contribution in [3.63, 3.8) is 0 Å². The minimum Gasteiger partial charge on any atom is -0.478 e. The fraction of sp³-hybridized carbons (Fsp3) is 0.250. The Kier molecular flexibility index (Phi) is 5.59. The minimum absolute atomic E-state index is 0.334. The summed E-state index contributed by atoms with van der Waals surface area (Å²) in [4.78, 5) is 32.1. The SMILES string of the molecule is O=C1NC(=O)/C(=C/c2ccc(OCN3CCN(c4ccccn4)CC3)cc2)S1. The van der Waals surface area contributed by atoms with Gasteiger partial charge in [-0.25, -0.2) is 4.98 Å². The molecule has 144 valence electrons. The lowest BCUT2D eigenvalue weighted by Gasteiger charge is -2.35. The van der Waals surface area contributed by atoms with E-state index in [2.05, 4.69) is 20.1 Å². The van der Waals surface area contributed by atoms with Gasteiger partial charge >= 0.3 is 0 Å². The summed E-state index contributed by atoms with van der Waals surface area (Å²) in [5.74, 6) is 1.44. The number of imide groups is 1. The molecular weight excluding hydrogens is 376 g/mol. The summed E-state index contributed by atoms with van der Waals surface area (Å²) in [6.07, 6.45) is 3.52. The molecular formula is C20H20N4O3S. The van der Waals surface area contributed by atoms with Crippen LogP contribution in [0.15, 0.2) is 53.6 Å². The predicted molar refractivity (Wildman–Crippen MR) is 109 cm³/mol. The van der Waals surface area contributed by atoms with Gasteiger partial charge in [-0.1, -0.05) is 18.2 Å². The third-order valence-electron chi connectivity index (χ3n) is 4.58. The van der Waals surface area contributed by atoms with Crippen molar-refractivity contribution < 1.29 is 14.3 Å². The number of benzene rings is 1. The molecule has 0 spiro atoms. The second-order valence-corrected chi connectivity index (χ2v) is 7.50. The molecule has 2 saturated heterocycles. The van der Waals surface area contributed by atoms with Crippen LogP contribution in [0.2, 0.25) is 0 Å². The van der Waals surface area contributed by atoms with Crippen LogP contribution < -0.4 is 15.0 Å². The van der Waals surface area contributed by atoms with E-state index < -0.39 is 0 Å². The maximum absolute atomic E-state index is 11.6. The first-order chi connectivity index (χ1) is 13.7. The van der Waals surface area contributed by atoms with E-state index in [1.165, 1.54) is 0 Å². The highest BCUT2D eigenvalue weighted by atomic mass is 32.2. The Morgan fingerprint density at radius 2 is 1.86 bits per heavy atom. The molecule has 0 unspecified atom stereocenters. The summed E-state index contributed by atoms with van der Waals surface area (Å²) in [5, 5.41) is 1.91. The van der Waals surface area contributed by atoms with Crippen molar-refractivity contribution >= 4 is 34.8 Å². The molecule has 2 aliphatic heterocycles. The Labute approximate surface area is 167 Å². The average Bonchev–Trinajstić information content (AvgIpc) is 3.05. The number of aromatic nitrogens is 1. The van der Waals surface area contributed by atoms with Crippen molar-refractivity contribution in [2.45, 2.75) is 0 Å². The lowest BCUT2D eigenvalue weighted by molar-refractivity contribution is -0.115. The van der Waals surface area contributed by atoms with E-state index in [4.69, 9.17) is 4.74 Å². The maximum atomic E-state index is 11.6. The molecule has 4 rings (SSSR count). The third kappa shape index (κ3) is 4.52. The number of carbonyl (C=O) groups is 2. The second-order valence-electron chi connectivity index (χ2n) is 6.49. The lowest BCUT2D eigenvalue weighted by atomic mass is 10.2. The first-order valence-corrected chi connectivity index (χ1v) is 9.85. The van der Waals surface area contributed by atoms with E-state index in [1.807, 2.05) is 48.7 Å². The van der Waals surface area contributed by atoms with E-state index in [1.54, 1.807) is 6.08 Å². The summed E-state index contributed by atoms with van der Waals surface area (Å²) in [6.45, 7) is 4.21. The number of nitrogens with zero attached hydrogens (tertiary/aromatic N) is 3. The van der Waals surface area contributed by atoms with Gasteiger partial charge in [0.1, 0.15) is 18.3 Å². The molecule has 1 N–H and O–H groups in total. The van der Waals surface area contributed by atoms with Crippen LogP contribution in [0.25, 0.3) is 6.08 Å². The average molecular weight is 396 g/mol. The van der Waals surface area contributed by atoms with Gasteiger partial charge in [-0.3, -0.25) is 19.8 Å². The van der Waals surface area contributed by atoms with Gasteiger partial charge in [0.25, 0.3) is 11.1 Å². The molecule has 0 bridgehead atoms. The quantitative estimate of drug-likeness (QED) is 0.779. The number of hydrogen-bond donors (Lipinski definition) is 1. The van der Waals surface area contributed by atoms with Gasteiger partial charge in [0.2, 0.25) is 0 Å². The Bertz CT molecular complexity index is 878. The zero-order valence-electron chi connectivity index (χ0n) is 15.2. The minimum atomic E-state index is -0.347. The number of piperazine rings is 1. The van der Waals surface area contributed by atoms with E-state index in [0.717, 1.165) is 55.1 Å². The Hall–Kier alpha value is -2.84. The summed E-state index contributed by atoms with van der Waals surface area (Å²) < 4.78 is 5.88. The fourth-order valence-corrected chi connectivity index (χ4v) is 3.73. The molecule has 2 aromatic rings. The van der Waals surface area contributed by atoms with E-state index in [0.29, 0.717) is 11.6 Å². The normalized spacial score (nSPS) is 19.1. The van der Waals surface area contributed by atoms with Crippen LogP contribution in [-0.2, 0) is 4.79 Å². The van der Waals surface area contributed by atoms with Crippen LogP contribution >= 0.6 is 11.8 Å². The van der Waals surface area contributed by atoms with Crippen LogP contribution in [0.5, 0.6) is 5.75 Å².